The zero-order valence-electron chi connectivity index (χ0n) is 12.3. The second-order valence-electron chi connectivity index (χ2n) is 5.06. The lowest BCUT2D eigenvalue weighted by Gasteiger charge is -2.11. The average Bonchev–Trinajstić information content (AvgIpc) is 3.14. The second-order valence-corrected chi connectivity index (χ2v) is 6.41. The maximum Gasteiger partial charge on any atom is 0.337 e. The molecule has 1 aliphatic carbocycles. The van der Waals surface area contributed by atoms with Crippen LogP contribution in [-0.2, 0) is 14.3 Å². The highest BCUT2D eigenvalue weighted by Crippen LogP contribution is 2.31. The van der Waals surface area contributed by atoms with Gasteiger partial charge >= 0.3 is 5.97 Å². The van der Waals surface area contributed by atoms with E-state index < -0.39 is 0 Å². The third-order valence-electron chi connectivity index (χ3n) is 3.53. The average molecular weight is 346 g/mol. The first-order valence-electron chi connectivity index (χ1n) is 6.99. The highest BCUT2D eigenvalue weighted by Gasteiger charge is 2.20. The van der Waals surface area contributed by atoms with E-state index in [1.54, 1.807) is 6.08 Å². The Morgan fingerprint density at radius 2 is 2.26 bits per heavy atom. The number of allylic oxidation sites excluding steroid dienone is 2. The molecule has 118 valence electrons. The summed E-state index contributed by atoms with van der Waals surface area (Å²) >= 11 is 6.44. The van der Waals surface area contributed by atoms with Crippen LogP contribution in [0.2, 0.25) is 0 Å². The molecule has 2 N–H and O–H groups in total. The fourth-order valence-corrected chi connectivity index (χ4v) is 3.48. The Bertz CT molecular complexity index is 787. The largest absolute Gasteiger partial charge is 0.465 e. The van der Waals surface area contributed by atoms with Gasteiger partial charge in [0.1, 0.15) is 5.70 Å². The number of methoxy groups -OCH3 is 1. The van der Waals surface area contributed by atoms with Crippen molar-refractivity contribution in [2.75, 3.05) is 7.11 Å². The molecule has 0 radical (unpaired) electrons. The Morgan fingerprint density at radius 1 is 1.43 bits per heavy atom. The second kappa shape index (κ2) is 6.47. The van der Waals surface area contributed by atoms with Gasteiger partial charge in [-0.25, -0.2) is 4.79 Å². The molecule has 1 aromatic heterocycles. The van der Waals surface area contributed by atoms with Gasteiger partial charge in [0.2, 0.25) is 0 Å². The molecule has 0 bridgehead atoms. The van der Waals surface area contributed by atoms with Gasteiger partial charge in [0, 0.05) is 4.88 Å². The van der Waals surface area contributed by atoms with E-state index in [1.807, 2.05) is 23.6 Å². The van der Waals surface area contributed by atoms with Gasteiger partial charge in [-0.1, -0.05) is 6.08 Å². The predicted octanol–water partition coefficient (Wildman–Crippen LogP) is 2.37. The van der Waals surface area contributed by atoms with Crippen molar-refractivity contribution in [1.29, 1.82) is 0 Å². The monoisotopic (exact) mass is 346 g/mol. The lowest BCUT2D eigenvalue weighted by molar-refractivity contribution is -0.135. The lowest BCUT2D eigenvalue weighted by atomic mass is 9.95. The molecule has 2 aliphatic rings. The fraction of sp³-hybridized carbons (Fsp3) is 0.188. The van der Waals surface area contributed by atoms with Crippen molar-refractivity contribution in [2.24, 2.45) is 0 Å². The smallest absolute Gasteiger partial charge is 0.337 e. The standard InChI is InChI=1S/C16H14N2O3S2/c1-21-15(20)10-4-2-3-9(5-10)11-6-12(23-8-11)7-13-14(19)18-16(22)17-13/h4-8H,2-3H2,1H3,(H2,17,18,19,22). The Balaban J connectivity index is 1.82. The van der Waals surface area contributed by atoms with Crippen molar-refractivity contribution in [1.82, 2.24) is 10.6 Å². The van der Waals surface area contributed by atoms with Gasteiger partial charge in [-0.15, -0.1) is 11.3 Å². The highest BCUT2D eigenvalue weighted by molar-refractivity contribution is 7.80. The molecule has 7 heteroatoms. The van der Waals surface area contributed by atoms with Crippen molar-refractivity contribution in [3.63, 3.8) is 0 Å². The molecule has 1 aromatic rings. The summed E-state index contributed by atoms with van der Waals surface area (Å²) in [6.07, 6.45) is 7.20. The Labute approximate surface area is 142 Å². The van der Waals surface area contributed by atoms with Crippen LogP contribution in [-0.4, -0.2) is 24.1 Å². The molecule has 0 unspecified atom stereocenters. The summed E-state index contributed by atoms with van der Waals surface area (Å²) in [4.78, 5) is 24.2. The molecule has 0 spiro atoms. The Hall–Kier alpha value is -2.25. The first kappa shape index (κ1) is 15.6. The summed E-state index contributed by atoms with van der Waals surface area (Å²) in [6.45, 7) is 0. The zero-order valence-corrected chi connectivity index (χ0v) is 14.0. The first-order valence-corrected chi connectivity index (χ1v) is 8.27. The van der Waals surface area contributed by atoms with Gasteiger partial charge in [-0.3, -0.25) is 10.1 Å². The lowest BCUT2D eigenvalue weighted by Crippen LogP contribution is -2.21. The SMILES string of the molecule is COC(=O)C1=CCCC(c2csc(C=C3NC(=S)NC3=O)c2)=C1. The van der Waals surface area contributed by atoms with Crippen LogP contribution in [0.4, 0.5) is 0 Å². The minimum Gasteiger partial charge on any atom is -0.465 e. The number of nitrogens with one attached hydrogen (secondary N) is 2. The van der Waals surface area contributed by atoms with Crippen LogP contribution in [0.3, 0.4) is 0 Å². The maximum absolute atomic E-state index is 11.7. The van der Waals surface area contributed by atoms with Gasteiger partial charge < -0.3 is 10.1 Å². The summed E-state index contributed by atoms with van der Waals surface area (Å²) in [6, 6.07) is 2.00. The van der Waals surface area contributed by atoms with E-state index in [4.69, 9.17) is 17.0 Å². The molecule has 0 saturated carbocycles. The van der Waals surface area contributed by atoms with Gasteiger partial charge in [0.05, 0.1) is 12.7 Å². The van der Waals surface area contributed by atoms with Crippen molar-refractivity contribution in [3.8, 4) is 0 Å². The van der Waals surface area contributed by atoms with E-state index >= 15 is 0 Å². The molecule has 1 saturated heterocycles. The number of ether oxygens (including phenoxy) is 1. The first-order chi connectivity index (χ1) is 11.1. The van der Waals surface area contributed by atoms with Crippen LogP contribution >= 0.6 is 23.6 Å². The number of carbonyl (C=O) groups is 2. The van der Waals surface area contributed by atoms with Crippen LogP contribution in [0.25, 0.3) is 11.6 Å². The molecule has 1 amide bonds. The van der Waals surface area contributed by atoms with Crippen molar-refractivity contribution in [2.45, 2.75) is 12.8 Å². The Kier molecular flexibility index (Phi) is 4.40. The van der Waals surface area contributed by atoms with Crippen molar-refractivity contribution in [3.05, 3.63) is 45.3 Å². The normalized spacial score (nSPS) is 19.1. The van der Waals surface area contributed by atoms with E-state index in [9.17, 15) is 9.59 Å². The number of hydrogen-bond donors (Lipinski definition) is 2. The molecule has 1 aliphatic heterocycles. The van der Waals surface area contributed by atoms with Crippen molar-refractivity contribution >= 4 is 52.2 Å². The number of thiophene rings is 1. The molecule has 1 fully saturated rings. The fourth-order valence-electron chi connectivity index (χ4n) is 2.41. The summed E-state index contributed by atoms with van der Waals surface area (Å²) in [5, 5.41) is 7.69. The number of rotatable bonds is 3. The quantitative estimate of drug-likeness (QED) is 0.500. The van der Waals surface area contributed by atoms with E-state index in [2.05, 4.69) is 10.6 Å². The van der Waals surface area contributed by atoms with Crippen LogP contribution in [0.15, 0.2) is 34.9 Å². The molecule has 2 heterocycles. The molecular weight excluding hydrogens is 332 g/mol. The number of thiocarbonyl (C=S) groups is 1. The molecule has 0 aromatic carbocycles. The highest BCUT2D eigenvalue weighted by atomic mass is 32.1. The topological polar surface area (TPSA) is 67.4 Å². The van der Waals surface area contributed by atoms with Crippen LogP contribution < -0.4 is 10.6 Å². The summed E-state index contributed by atoms with van der Waals surface area (Å²) in [5.74, 6) is -0.544. The van der Waals surface area contributed by atoms with Crippen LogP contribution in [0.1, 0.15) is 23.3 Å². The third kappa shape index (κ3) is 3.40. The van der Waals surface area contributed by atoms with Crippen LogP contribution in [0.5, 0.6) is 0 Å². The molecule has 0 atom stereocenters. The predicted molar refractivity (Wildman–Crippen MR) is 93.5 cm³/mol. The van der Waals surface area contributed by atoms with E-state index in [-0.39, 0.29) is 11.9 Å². The van der Waals surface area contributed by atoms with E-state index in [0.29, 0.717) is 16.4 Å². The van der Waals surface area contributed by atoms with E-state index in [1.165, 1.54) is 18.4 Å². The molecule has 23 heavy (non-hydrogen) atoms. The van der Waals surface area contributed by atoms with Gasteiger partial charge in [0.25, 0.3) is 5.91 Å². The third-order valence-corrected chi connectivity index (χ3v) is 4.61. The van der Waals surface area contributed by atoms with Gasteiger partial charge in [-0.05, 0) is 59.8 Å². The van der Waals surface area contributed by atoms with Crippen LogP contribution in [0, 0.1) is 0 Å². The maximum atomic E-state index is 11.7. The molecule has 3 rings (SSSR count). The summed E-state index contributed by atoms with van der Waals surface area (Å²) < 4.78 is 4.77. The minimum absolute atomic E-state index is 0.224. The minimum atomic E-state index is -0.319. The Morgan fingerprint density at radius 3 is 2.96 bits per heavy atom. The number of esters is 1. The summed E-state index contributed by atoms with van der Waals surface area (Å²) in [5.41, 5.74) is 3.17. The van der Waals surface area contributed by atoms with Gasteiger partial charge in [0.15, 0.2) is 5.11 Å². The zero-order chi connectivity index (χ0) is 16.4. The van der Waals surface area contributed by atoms with E-state index in [0.717, 1.165) is 28.9 Å². The number of carbonyl (C=O) groups excluding carboxylic acids is 2. The number of hydrogen-bond acceptors (Lipinski definition) is 5. The van der Waals surface area contributed by atoms with Gasteiger partial charge in [-0.2, -0.15) is 0 Å². The molecule has 5 nitrogen and oxygen atoms in total. The molecular formula is C16H14N2O3S2. The summed E-state index contributed by atoms with van der Waals surface area (Å²) in [7, 11) is 1.38. The number of amides is 1. The van der Waals surface area contributed by atoms with Crippen molar-refractivity contribution < 1.29 is 14.3 Å².